The molecule has 236 valence electrons. The molecule has 0 amide bonds. The van der Waals surface area contributed by atoms with Gasteiger partial charge in [-0.05, 0) is 127 Å². The number of benzene rings is 2. The number of aryl methyl sites for hydroxylation is 4. The van der Waals surface area contributed by atoms with Gasteiger partial charge >= 0.3 is 5.87 Å². The summed E-state index contributed by atoms with van der Waals surface area (Å²) in [5.41, 5.74) is 23.8. The summed E-state index contributed by atoms with van der Waals surface area (Å²) in [4.78, 5) is 3.39. The van der Waals surface area contributed by atoms with Crippen LogP contribution in [0, 0.1) is 0 Å². The highest BCUT2D eigenvalue weighted by molar-refractivity contribution is 5.85. The number of rotatable bonds is 21. The maximum atomic E-state index is 9.58. The molecule has 0 atom stereocenters. The maximum absolute atomic E-state index is 9.58. The van der Waals surface area contributed by atoms with Gasteiger partial charge in [0.15, 0.2) is 0 Å². The second-order valence-electron chi connectivity index (χ2n) is 12.5. The first-order chi connectivity index (χ1) is 21.0. The van der Waals surface area contributed by atoms with Gasteiger partial charge in [-0.3, -0.25) is 0 Å². The predicted octanol–water partition coefficient (Wildman–Crippen LogP) is 12.0. The van der Waals surface area contributed by atoms with Crippen LogP contribution in [0.15, 0.2) is 35.9 Å². The summed E-state index contributed by atoms with van der Waals surface area (Å²) in [7, 11) is 0. The highest BCUT2D eigenvalue weighted by Crippen LogP contribution is 2.34. The smallest absolute Gasteiger partial charge is 0.303 e. The van der Waals surface area contributed by atoms with E-state index in [0.29, 0.717) is 0 Å². The normalized spacial score (nSPS) is 11.5. The quantitative estimate of drug-likeness (QED) is 0.0607. The number of hydrogen-bond acceptors (Lipinski definition) is 0. The molecule has 43 heavy (non-hydrogen) atoms. The zero-order chi connectivity index (χ0) is 31.5. The van der Waals surface area contributed by atoms with Gasteiger partial charge in [0.2, 0.25) is 0 Å². The van der Waals surface area contributed by atoms with E-state index in [2.05, 4.69) is 89.5 Å². The zero-order valence-corrected chi connectivity index (χ0v) is 29.0. The lowest BCUT2D eigenvalue weighted by Gasteiger charge is -2.22. The van der Waals surface area contributed by atoms with Gasteiger partial charge < -0.3 is 5.53 Å². The first-order valence-corrected chi connectivity index (χ1v) is 18.0. The topological polar surface area (TPSA) is 36.4 Å². The van der Waals surface area contributed by atoms with Crippen LogP contribution in [-0.4, -0.2) is 10.7 Å². The predicted molar refractivity (Wildman–Crippen MR) is 189 cm³/mol. The average molecular weight is 583 g/mol. The molecule has 2 heteroatoms. The van der Waals surface area contributed by atoms with E-state index in [4.69, 9.17) is 0 Å². The molecule has 0 bridgehead atoms. The second-order valence-corrected chi connectivity index (χ2v) is 12.5. The van der Waals surface area contributed by atoms with Gasteiger partial charge in [-0.2, -0.15) is 0 Å². The molecule has 0 aliphatic rings. The van der Waals surface area contributed by atoms with Crippen LogP contribution in [0.1, 0.15) is 170 Å². The second kappa shape index (κ2) is 21.1. The van der Waals surface area contributed by atoms with Gasteiger partial charge in [0.05, 0.1) is 5.57 Å². The van der Waals surface area contributed by atoms with E-state index in [0.717, 1.165) is 69.8 Å². The molecule has 0 N–H and O–H groups in total. The van der Waals surface area contributed by atoms with Crippen molar-refractivity contribution in [2.24, 2.45) is 0 Å². The molecule has 0 fully saturated rings. The van der Waals surface area contributed by atoms with E-state index in [9.17, 15) is 5.53 Å². The summed E-state index contributed by atoms with van der Waals surface area (Å²) >= 11 is 0. The molecule has 2 rings (SSSR count). The lowest BCUT2D eigenvalue weighted by Crippen LogP contribution is -2.06. The first kappa shape index (κ1) is 36.5. The third kappa shape index (κ3) is 11.4. The number of nitrogens with zero attached hydrogens (tertiary/aromatic N) is 2. The van der Waals surface area contributed by atoms with E-state index in [1.54, 1.807) is 22.3 Å². The molecule has 2 aromatic carbocycles. The third-order valence-electron chi connectivity index (χ3n) is 8.72. The van der Waals surface area contributed by atoms with Crippen LogP contribution >= 0.6 is 0 Å². The minimum atomic E-state index is 0.863. The molecule has 0 saturated carbocycles. The van der Waals surface area contributed by atoms with Crippen molar-refractivity contribution in [2.75, 3.05) is 0 Å². The monoisotopic (exact) mass is 582 g/mol. The van der Waals surface area contributed by atoms with Crippen molar-refractivity contribution in [1.82, 2.24) is 0 Å². The molecular weight excluding hydrogens is 520 g/mol. The summed E-state index contributed by atoms with van der Waals surface area (Å²) in [6.45, 7) is 16.0. The summed E-state index contributed by atoms with van der Waals surface area (Å²) in [5.74, 6) is 2.96. The van der Waals surface area contributed by atoms with Gasteiger partial charge in [-0.25, -0.2) is 0 Å². The number of allylic oxidation sites excluding steroid dienone is 2. The first-order valence-electron chi connectivity index (χ1n) is 18.0. The number of unbranched alkanes of at least 4 members (excludes halogenated alkanes) is 4. The minimum absolute atomic E-state index is 0.863. The van der Waals surface area contributed by atoms with Crippen molar-refractivity contribution in [3.8, 4) is 0 Å². The van der Waals surface area contributed by atoms with Crippen LogP contribution in [0.4, 0.5) is 0 Å². The van der Waals surface area contributed by atoms with Gasteiger partial charge in [0.25, 0.3) is 0 Å². The van der Waals surface area contributed by atoms with Crippen LogP contribution in [0.2, 0.25) is 0 Å². The van der Waals surface area contributed by atoms with E-state index in [1.807, 2.05) is 0 Å². The Kier molecular flexibility index (Phi) is 17.9. The van der Waals surface area contributed by atoms with Crippen LogP contribution in [0.5, 0.6) is 0 Å². The molecule has 0 radical (unpaired) electrons. The van der Waals surface area contributed by atoms with E-state index < -0.39 is 0 Å². The minimum Gasteiger partial charge on any atom is -0.348 e. The van der Waals surface area contributed by atoms with E-state index in [-0.39, 0.29) is 0 Å². The molecule has 0 heterocycles. The molecule has 0 spiro atoms. The average Bonchev–Trinajstić information content (AvgIpc) is 3.01. The summed E-state index contributed by atoms with van der Waals surface area (Å²) in [5, 5.41) is 0. The Morgan fingerprint density at radius 2 is 0.977 bits per heavy atom. The Morgan fingerprint density at radius 1 is 0.558 bits per heavy atom. The highest BCUT2D eigenvalue weighted by Gasteiger charge is 2.18. The maximum Gasteiger partial charge on any atom is 0.303 e. The Bertz CT molecular complexity index is 1180. The van der Waals surface area contributed by atoms with Gasteiger partial charge in [-0.1, -0.05) is 118 Å². The SMILES string of the molecule is CCCCC(=C=[N+]=[N-])C=C(c1cc(CCC)c(CCC)c(CCC)c1)c1cc(CCCC)c(CCCC)c(CCCC)c1. The molecular formula is C41H62N2. The van der Waals surface area contributed by atoms with E-state index >= 15 is 0 Å². The Morgan fingerprint density at radius 3 is 1.40 bits per heavy atom. The number of hydrogen-bond donors (Lipinski definition) is 0. The van der Waals surface area contributed by atoms with Gasteiger partial charge in [-0.15, -0.1) is 4.79 Å². The lowest BCUT2D eigenvalue weighted by atomic mass is 9.83. The van der Waals surface area contributed by atoms with Crippen molar-refractivity contribution in [1.29, 1.82) is 0 Å². The molecule has 2 aromatic rings. The van der Waals surface area contributed by atoms with Gasteiger partial charge in [0.1, 0.15) is 0 Å². The fraction of sp³-hybridized carbons (Fsp3) is 0.610. The Hall–Kier alpha value is -2.66. The van der Waals surface area contributed by atoms with Gasteiger partial charge in [0, 0.05) is 0 Å². The van der Waals surface area contributed by atoms with Crippen molar-refractivity contribution in [2.45, 2.75) is 164 Å². The molecule has 0 aliphatic heterocycles. The van der Waals surface area contributed by atoms with Crippen molar-refractivity contribution >= 4 is 11.4 Å². The fourth-order valence-corrected chi connectivity index (χ4v) is 6.42. The molecule has 0 aromatic heterocycles. The lowest BCUT2D eigenvalue weighted by molar-refractivity contribution is 0.00746. The van der Waals surface area contributed by atoms with Crippen molar-refractivity contribution in [3.63, 3.8) is 0 Å². The summed E-state index contributed by atoms with van der Waals surface area (Å²) < 4.78 is 0. The van der Waals surface area contributed by atoms with Crippen LogP contribution in [0.25, 0.3) is 11.1 Å². The largest absolute Gasteiger partial charge is 0.348 e. The standard InChI is InChI=1S/C41H62N2/c1-8-15-22-32(31-43-42)26-41(37-27-33(19-12-5)39(21-14-7)34(28-37)20-13-6)38-29-35(23-16-9-2)40(25-18-11-4)36(30-38)24-17-10-3/h26-30H,8-25H2,1-7H3. The van der Waals surface area contributed by atoms with Crippen molar-refractivity contribution in [3.05, 3.63) is 86.0 Å². The highest BCUT2D eigenvalue weighted by atomic mass is 14.8. The molecule has 0 unspecified atom stereocenters. The van der Waals surface area contributed by atoms with Crippen LogP contribution in [-0.2, 0) is 38.5 Å². The van der Waals surface area contributed by atoms with Crippen LogP contribution < -0.4 is 0 Å². The Balaban J connectivity index is 2.99. The zero-order valence-electron chi connectivity index (χ0n) is 29.0. The summed E-state index contributed by atoms with van der Waals surface area (Å²) in [6, 6.07) is 10.0. The molecule has 0 saturated heterocycles. The molecule has 0 aliphatic carbocycles. The van der Waals surface area contributed by atoms with Crippen LogP contribution in [0.3, 0.4) is 0 Å². The fourth-order valence-electron chi connectivity index (χ4n) is 6.42. The molecule has 2 nitrogen and oxygen atoms in total. The Labute approximate surface area is 265 Å². The van der Waals surface area contributed by atoms with Crippen molar-refractivity contribution < 1.29 is 4.79 Å². The van der Waals surface area contributed by atoms with E-state index in [1.165, 1.54) is 79.2 Å². The summed E-state index contributed by atoms with van der Waals surface area (Å²) in [6.07, 6.45) is 23.0. The third-order valence-corrected chi connectivity index (χ3v) is 8.72.